The van der Waals surface area contributed by atoms with Gasteiger partial charge < -0.3 is 4.12 Å². The van der Waals surface area contributed by atoms with Gasteiger partial charge in [-0.2, -0.15) is 0 Å². The molecule has 5 heteroatoms. The van der Waals surface area contributed by atoms with Gasteiger partial charge in [-0.05, 0) is 38.3 Å². The highest BCUT2D eigenvalue weighted by Gasteiger charge is 2.37. The maximum atomic E-state index is 7.05. The highest BCUT2D eigenvalue weighted by atomic mass is 28.4. The van der Waals surface area contributed by atoms with Crippen molar-refractivity contribution in [3.8, 4) is 0 Å². The fourth-order valence-electron chi connectivity index (χ4n) is 5.22. The van der Waals surface area contributed by atoms with Gasteiger partial charge in [-0.25, -0.2) is 0 Å². The first kappa shape index (κ1) is 27.8. The molecule has 1 nitrogen and oxygen atoms in total. The van der Waals surface area contributed by atoms with E-state index in [1.54, 1.807) is 0 Å². The molecular weight excluding hydrogens is 393 g/mol. The molecule has 0 N–H and O–H groups in total. The van der Waals surface area contributed by atoms with Crippen LogP contribution in [-0.2, 0) is 4.12 Å². The molecule has 0 saturated carbocycles. The predicted octanol–water partition coefficient (Wildman–Crippen LogP) is 9.21. The second-order valence-electron chi connectivity index (χ2n) is 11.2. The minimum atomic E-state index is -1.53. The molecule has 0 atom stereocenters. The molecule has 0 aliphatic heterocycles. The summed E-state index contributed by atoms with van der Waals surface area (Å²) >= 11 is 0. The summed E-state index contributed by atoms with van der Waals surface area (Å²) in [6, 6.07) is 11.9. The van der Waals surface area contributed by atoms with E-state index in [2.05, 4.69) is 67.0 Å². The quantitative estimate of drug-likeness (QED) is 0.215. The summed E-state index contributed by atoms with van der Waals surface area (Å²) in [5.41, 5.74) is 0. The van der Waals surface area contributed by atoms with Crippen LogP contribution in [0.15, 0.2) is 0 Å². The summed E-state index contributed by atoms with van der Waals surface area (Å²) in [4.78, 5) is 0. The normalized spacial score (nSPS) is 14.0. The van der Waals surface area contributed by atoms with Crippen LogP contribution < -0.4 is 0 Å². The largest absolute Gasteiger partial charge is 0.456 e. The third-order valence-electron chi connectivity index (χ3n) is 6.63. The van der Waals surface area contributed by atoms with Crippen molar-refractivity contribution in [2.45, 2.75) is 141 Å². The molecule has 0 bridgehead atoms. The number of hydrogen-bond donors (Lipinski definition) is 0. The summed E-state index contributed by atoms with van der Waals surface area (Å²) in [5.74, 6) is 0. The van der Waals surface area contributed by atoms with Gasteiger partial charge >= 0.3 is 0 Å². The van der Waals surface area contributed by atoms with Crippen LogP contribution in [0.3, 0.4) is 0 Å². The molecule has 164 valence electrons. The first-order valence-electron chi connectivity index (χ1n) is 12.1. The fourth-order valence-corrected chi connectivity index (χ4v) is 28.0. The van der Waals surface area contributed by atoms with Gasteiger partial charge in [0.15, 0.2) is 16.6 Å². The average Bonchev–Trinajstić information content (AvgIpc) is 2.52. The zero-order chi connectivity index (χ0) is 21.2. The van der Waals surface area contributed by atoms with Crippen molar-refractivity contribution in [1.82, 2.24) is 0 Å². The molecule has 0 aromatic carbocycles. The van der Waals surface area contributed by atoms with E-state index in [-0.39, 0.29) is 0 Å². The number of rotatable bonds is 16. The lowest BCUT2D eigenvalue weighted by Crippen LogP contribution is -2.46. The van der Waals surface area contributed by atoms with Crippen LogP contribution in [0.4, 0.5) is 0 Å². The Morgan fingerprint density at radius 2 is 0.667 bits per heavy atom. The smallest absolute Gasteiger partial charge is 0.173 e. The first-order valence-corrected chi connectivity index (χ1v) is 24.5. The van der Waals surface area contributed by atoms with E-state index in [1.165, 1.54) is 74.0 Å². The van der Waals surface area contributed by atoms with E-state index in [4.69, 9.17) is 4.12 Å². The summed E-state index contributed by atoms with van der Waals surface area (Å²) < 4.78 is 7.05. The van der Waals surface area contributed by atoms with Crippen LogP contribution in [0.5, 0.6) is 0 Å². The van der Waals surface area contributed by atoms with Crippen molar-refractivity contribution >= 4 is 32.8 Å². The van der Waals surface area contributed by atoms with E-state index >= 15 is 0 Å². The Bertz CT molecular complexity index is 348. The molecule has 0 heterocycles. The molecular formula is C22H54OSi4. The zero-order valence-corrected chi connectivity index (χ0v) is 24.9. The van der Waals surface area contributed by atoms with Crippen molar-refractivity contribution in [1.29, 1.82) is 0 Å². The number of hydrogen-bond acceptors (Lipinski definition) is 1. The summed E-state index contributed by atoms with van der Waals surface area (Å²) in [6.45, 7) is 24.9. The Morgan fingerprint density at radius 1 is 0.407 bits per heavy atom. The Labute approximate surface area is 177 Å². The minimum absolute atomic E-state index is 1.03. The van der Waals surface area contributed by atoms with Gasteiger partial charge in [0.05, 0.1) is 16.1 Å². The molecule has 0 radical (unpaired) electrons. The van der Waals surface area contributed by atoms with Gasteiger partial charge in [-0.15, -0.1) is 0 Å². The third kappa shape index (κ3) is 12.2. The van der Waals surface area contributed by atoms with Gasteiger partial charge in [-0.3, -0.25) is 0 Å². The molecule has 0 fully saturated rings. The van der Waals surface area contributed by atoms with Gasteiger partial charge in [0, 0.05) is 0 Å². The predicted molar refractivity (Wildman–Crippen MR) is 139 cm³/mol. The van der Waals surface area contributed by atoms with Gasteiger partial charge in [0.2, 0.25) is 0 Å². The highest BCUT2D eigenvalue weighted by Crippen LogP contribution is 2.34. The lowest BCUT2D eigenvalue weighted by molar-refractivity contribution is 0.541. The van der Waals surface area contributed by atoms with Crippen molar-refractivity contribution in [2.75, 3.05) is 0 Å². The lowest BCUT2D eigenvalue weighted by atomic mass is 10.6. The van der Waals surface area contributed by atoms with E-state index in [0.29, 0.717) is 0 Å². The average molecular weight is 447 g/mol. The SMILES string of the molecule is CCC[Si](C)(CCC)CC[Si](C)(C)O[Si](C)(C)CC[Si](C)(CCC)CCC. The highest BCUT2D eigenvalue weighted by molar-refractivity contribution is 6.88. The van der Waals surface area contributed by atoms with Crippen molar-refractivity contribution in [2.24, 2.45) is 0 Å². The Balaban J connectivity index is 4.78. The van der Waals surface area contributed by atoms with Crippen LogP contribution >= 0.6 is 0 Å². The van der Waals surface area contributed by atoms with Crippen molar-refractivity contribution in [3.63, 3.8) is 0 Å². The summed E-state index contributed by atoms with van der Waals surface area (Å²) in [7, 11) is -5.11. The molecule has 0 aliphatic rings. The standard InChI is InChI=1S/C22H54OSi4/c1-11-15-26(9,16-12-2)21-19-24(5,6)23-25(7,8)20-22-27(10,17-13-3)18-14-4/h11-22H2,1-10H3. The third-order valence-corrected chi connectivity index (χ3v) is 24.7. The Hall–Kier alpha value is 0.828. The maximum Gasteiger partial charge on any atom is 0.173 e. The molecule has 0 amide bonds. The van der Waals surface area contributed by atoms with E-state index in [0.717, 1.165) is 0 Å². The van der Waals surface area contributed by atoms with Gasteiger partial charge in [0.1, 0.15) is 0 Å². The van der Waals surface area contributed by atoms with Gasteiger partial charge in [-0.1, -0.05) is 103 Å². The molecule has 0 rings (SSSR count). The zero-order valence-electron chi connectivity index (χ0n) is 20.9. The van der Waals surface area contributed by atoms with Crippen molar-refractivity contribution in [3.05, 3.63) is 0 Å². The van der Waals surface area contributed by atoms with Crippen LogP contribution in [0, 0.1) is 0 Å². The summed E-state index contributed by atoms with van der Waals surface area (Å²) in [5, 5.41) is 0. The van der Waals surface area contributed by atoms with Crippen molar-refractivity contribution < 1.29 is 4.12 Å². The maximum absolute atomic E-state index is 7.05. The molecule has 0 spiro atoms. The van der Waals surface area contributed by atoms with Crippen LogP contribution in [0.25, 0.3) is 0 Å². The fraction of sp³-hybridized carbons (Fsp3) is 1.00. The van der Waals surface area contributed by atoms with Crippen LogP contribution in [0.2, 0.25) is 87.6 Å². The first-order chi connectivity index (χ1) is 12.4. The summed E-state index contributed by atoms with van der Waals surface area (Å²) in [6.07, 6.45) is 5.52. The topological polar surface area (TPSA) is 9.23 Å². The van der Waals surface area contributed by atoms with E-state index < -0.39 is 32.8 Å². The molecule has 0 aliphatic carbocycles. The van der Waals surface area contributed by atoms with E-state index in [1.807, 2.05) is 0 Å². The minimum Gasteiger partial charge on any atom is -0.456 e. The van der Waals surface area contributed by atoms with Crippen LogP contribution in [-0.4, -0.2) is 32.8 Å². The second-order valence-corrected chi connectivity index (χ2v) is 30.3. The Morgan fingerprint density at radius 3 is 0.889 bits per heavy atom. The lowest BCUT2D eigenvalue weighted by Gasteiger charge is -2.38. The second kappa shape index (κ2) is 12.5. The van der Waals surface area contributed by atoms with Gasteiger partial charge in [0.25, 0.3) is 0 Å². The molecule has 0 saturated heterocycles. The van der Waals surface area contributed by atoms with E-state index in [9.17, 15) is 0 Å². The molecule has 0 unspecified atom stereocenters. The van der Waals surface area contributed by atoms with Crippen LogP contribution in [0.1, 0.15) is 53.4 Å². The molecule has 27 heavy (non-hydrogen) atoms. The molecule has 0 aromatic heterocycles. The Kier molecular flexibility index (Phi) is 12.9. The molecule has 0 aromatic rings. The monoisotopic (exact) mass is 446 g/mol.